The van der Waals surface area contributed by atoms with Crippen molar-refractivity contribution in [3.05, 3.63) is 30.6 Å². The molecule has 0 atom stereocenters. The lowest BCUT2D eigenvalue weighted by Crippen LogP contribution is -2.10. The van der Waals surface area contributed by atoms with Crippen LogP contribution in [0, 0.1) is 6.92 Å². The van der Waals surface area contributed by atoms with Crippen molar-refractivity contribution in [2.75, 3.05) is 25.6 Å². The largest absolute Gasteiger partial charge is 0.385 e. The standard InChI is InChI=1S/C15H25N5O/c1-14-12-20(15(18-14)17-6-5-11-21-2)9-4-3-8-19-10-7-16-13-19/h7,10,12-13H,3-6,8-9,11H2,1-2H3,(H,17,18). The fourth-order valence-corrected chi connectivity index (χ4v) is 2.27. The van der Waals surface area contributed by atoms with Crippen LogP contribution in [0.4, 0.5) is 5.95 Å². The van der Waals surface area contributed by atoms with Crippen molar-refractivity contribution in [2.24, 2.45) is 0 Å². The van der Waals surface area contributed by atoms with Gasteiger partial charge in [-0.25, -0.2) is 9.97 Å². The van der Waals surface area contributed by atoms with E-state index in [0.717, 1.165) is 57.1 Å². The molecule has 0 aliphatic rings. The molecule has 2 aromatic rings. The molecule has 2 heterocycles. The number of aryl methyl sites for hydroxylation is 3. The average molecular weight is 291 g/mol. The van der Waals surface area contributed by atoms with E-state index >= 15 is 0 Å². The van der Waals surface area contributed by atoms with Crippen LogP contribution in [0.15, 0.2) is 24.9 Å². The van der Waals surface area contributed by atoms with Gasteiger partial charge >= 0.3 is 0 Å². The molecule has 0 saturated carbocycles. The van der Waals surface area contributed by atoms with E-state index in [1.54, 1.807) is 7.11 Å². The zero-order valence-corrected chi connectivity index (χ0v) is 13.0. The second kappa shape index (κ2) is 8.46. The SMILES string of the molecule is COCCCNc1nc(C)cn1CCCCn1ccnc1. The summed E-state index contributed by atoms with van der Waals surface area (Å²) in [5.41, 5.74) is 1.05. The summed E-state index contributed by atoms with van der Waals surface area (Å²) < 4.78 is 9.37. The molecule has 0 unspecified atom stereocenters. The predicted octanol–water partition coefficient (Wildman–Crippen LogP) is 2.32. The smallest absolute Gasteiger partial charge is 0.203 e. The molecule has 2 rings (SSSR count). The Bertz CT molecular complexity index is 506. The van der Waals surface area contributed by atoms with Crippen LogP contribution in [0.25, 0.3) is 0 Å². The maximum absolute atomic E-state index is 5.06. The molecule has 0 aliphatic carbocycles. The molecule has 6 heteroatoms. The number of hydrogen-bond acceptors (Lipinski definition) is 4. The molecule has 116 valence electrons. The molecular formula is C15H25N5O. The fraction of sp³-hybridized carbons (Fsp3) is 0.600. The molecule has 0 saturated heterocycles. The van der Waals surface area contributed by atoms with Crippen LogP contribution in [0.2, 0.25) is 0 Å². The van der Waals surface area contributed by atoms with Crippen LogP contribution in [-0.4, -0.2) is 39.4 Å². The Morgan fingerprint density at radius 2 is 2.10 bits per heavy atom. The maximum Gasteiger partial charge on any atom is 0.203 e. The Balaban J connectivity index is 1.73. The van der Waals surface area contributed by atoms with E-state index in [2.05, 4.69) is 30.6 Å². The number of unbranched alkanes of at least 4 members (excludes halogenated alkanes) is 1. The number of aromatic nitrogens is 4. The van der Waals surface area contributed by atoms with Gasteiger partial charge in [-0.05, 0) is 26.2 Å². The summed E-state index contributed by atoms with van der Waals surface area (Å²) >= 11 is 0. The van der Waals surface area contributed by atoms with Gasteiger partial charge in [-0.2, -0.15) is 0 Å². The van der Waals surface area contributed by atoms with E-state index in [1.165, 1.54) is 0 Å². The van der Waals surface area contributed by atoms with Crippen molar-refractivity contribution in [1.82, 2.24) is 19.1 Å². The maximum atomic E-state index is 5.06. The van der Waals surface area contributed by atoms with E-state index in [4.69, 9.17) is 4.74 Å². The summed E-state index contributed by atoms with van der Waals surface area (Å²) in [4.78, 5) is 8.59. The topological polar surface area (TPSA) is 56.9 Å². The minimum absolute atomic E-state index is 0.775. The fourth-order valence-electron chi connectivity index (χ4n) is 2.27. The van der Waals surface area contributed by atoms with Crippen LogP contribution in [0.5, 0.6) is 0 Å². The molecule has 6 nitrogen and oxygen atoms in total. The third-order valence-electron chi connectivity index (χ3n) is 3.33. The van der Waals surface area contributed by atoms with Crippen molar-refractivity contribution in [3.8, 4) is 0 Å². The highest BCUT2D eigenvalue weighted by molar-refractivity contribution is 5.28. The first kappa shape index (κ1) is 15.6. The number of methoxy groups -OCH3 is 1. The summed E-state index contributed by atoms with van der Waals surface area (Å²) in [6.07, 6.45) is 11.0. The molecule has 2 aromatic heterocycles. The lowest BCUT2D eigenvalue weighted by Gasteiger charge is -2.09. The first-order chi connectivity index (χ1) is 10.3. The Morgan fingerprint density at radius 3 is 2.86 bits per heavy atom. The third-order valence-corrected chi connectivity index (χ3v) is 3.33. The Hall–Kier alpha value is -1.82. The summed E-state index contributed by atoms with van der Waals surface area (Å²) in [7, 11) is 1.73. The van der Waals surface area contributed by atoms with Crippen molar-refractivity contribution in [3.63, 3.8) is 0 Å². The molecule has 0 aliphatic heterocycles. The van der Waals surface area contributed by atoms with Crippen LogP contribution in [0.3, 0.4) is 0 Å². The zero-order chi connectivity index (χ0) is 14.9. The van der Waals surface area contributed by atoms with Crippen molar-refractivity contribution >= 4 is 5.95 Å². The quantitative estimate of drug-likeness (QED) is 0.683. The number of imidazole rings is 2. The normalized spacial score (nSPS) is 11.0. The first-order valence-corrected chi connectivity index (χ1v) is 7.52. The van der Waals surface area contributed by atoms with Crippen LogP contribution < -0.4 is 5.32 Å². The lowest BCUT2D eigenvalue weighted by atomic mass is 10.3. The second-order valence-corrected chi connectivity index (χ2v) is 5.18. The number of rotatable bonds is 10. The number of nitrogens with one attached hydrogen (secondary N) is 1. The van der Waals surface area contributed by atoms with Gasteiger partial charge in [-0.15, -0.1) is 0 Å². The van der Waals surface area contributed by atoms with Gasteiger partial charge in [-0.1, -0.05) is 0 Å². The monoisotopic (exact) mass is 291 g/mol. The molecule has 0 bridgehead atoms. The molecule has 21 heavy (non-hydrogen) atoms. The Kier molecular flexibility index (Phi) is 6.27. The van der Waals surface area contributed by atoms with Gasteiger partial charge in [0.2, 0.25) is 5.95 Å². The predicted molar refractivity (Wildman–Crippen MR) is 83.4 cm³/mol. The molecular weight excluding hydrogens is 266 g/mol. The van der Waals surface area contributed by atoms with E-state index < -0.39 is 0 Å². The highest BCUT2D eigenvalue weighted by Crippen LogP contribution is 2.10. The molecule has 0 amide bonds. The number of nitrogens with zero attached hydrogens (tertiary/aromatic N) is 4. The van der Waals surface area contributed by atoms with E-state index in [-0.39, 0.29) is 0 Å². The van der Waals surface area contributed by atoms with Gasteiger partial charge in [-0.3, -0.25) is 0 Å². The van der Waals surface area contributed by atoms with Gasteiger partial charge in [0.25, 0.3) is 0 Å². The van der Waals surface area contributed by atoms with Crippen molar-refractivity contribution in [2.45, 2.75) is 39.3 Å². The third kappa shape index (κ3) is 5.23. The van der Waals surface area contributed by atoms with Gasteiger partial charge < -0.3 is 19.2 Å². The van der Waals surface area contributed by atoms with Crippen molar-refractivity contribution < 1.29 is 4.74 Å². The van der Waals surface area contributed by atoms with Crippen LogP contribution >= 0.6 is 0 Å². The summed E-state index contributed by atoms with van der Waals surface area (Å²) in [6.45, 7) is 5.70. The first-order valence-electron chi connectivity index (χ1n) is 7.52. The van der Waals surface area contributed by atoms with E-state index in [0.29, 0.717) is 0 Å². The summed E-state index contributed by atoms with van der Waals surface area (Å²) in [6, 6.07) is 0. The van der Waals surface area contributed by atoms with E-state index in [9.17, 15) is 0 Å². The minimum Gasteiger partial charge on any atom is -0.385 e. The Labute approximate surface area is 126 Å². The van der Waals surface area contributed by atoms with Gasteiger partial charge in [0.1, 0.15) is 0 Å². The van der Waals surface area contributed by atoms with Gasteiger partial charge in [0.15, 0.2) is 0 Å². The second-order valence-electron chi connectivity index (χ2n) is 5.18. The molecule has 0 spiro atoms. The zero-order valence-electron chi connectivity index (χ0n) is 13.0. The van der Waals surface area contributed by atoms with Gasteiger partial charge in [0, 0.05) is 51.9 Å². The minimum atomic E-state index is 0.775. The lowest BCUT2D eigenvalue weighted by molar-refractivity contribution is 0.197. The number of ether oxygens (including phenoxy) is 1. The average Bonchev–Trinajstić information content (AvgIpc) is 3.10. The summed E-state index contributed by atoms with van der Waals surface area (Å²) in [5.74, 6) is 0.964. The van der Waals surface area contributed by atoms with Crippen LogP contribution in [0.1, 0.15) is 25.0 Å². The highest BCUT2D eigenvalue weighted by Gasteiger charge is 2.04. The molecule has 1 N–H and O–H groups in total. The van der Waals surface area contributed by atoms with E-state index in [1.807, 2.05) is 25.6 Å². The molecule has 0 radical (unpaired) electrons. The number of hydrogen-bond donors (Lipinski definition) is 1. The summed E-state index contributed by atoms with van der Waals surface area (Å²) in [5, 5.41) is 3.38. The van der Waals surface area contributed by atoms with Gasteiger partial charge in [0.05, 0.1) is 12.0 Å². The molecule has 0 fully saturated rings. The van der Waals surface area contributed by atoms with Crippen molar-refractivity contribution in [1.29, 1.82) is 0 Å². The Morgan fingerprint density at radius 1 is 1.24 bits per heavy atom. The highest BCUT2D eigenvalue weighted by atomic mass is 16.5. The number of anilines is 1. The van der Waals surface area contributed by atoms with Crippen LogP contribution in [-0.2, 0) is 17.8 Å². The molecule has 0 aromatic carbocycles.